The maximum Gasteiger partial charge on any atom is 0.229 e. The first-order valence-corrected chi connectivity index (χ1v) is 5.08. The number of methoxy groups -OCH3 is 1. The number of hydrogen-bond acceptors (Lipinski definition) is 5. The molecule has 0 aromatic carbocycles. The zero-order valence-corrected chi connectivity index (χ0v) is 9.60. The Bertz CT molecular complexity index is 299. The summed E-state index contributed by atoms with van der Waals surface area (Å²) < 4.78 is 10.1. The normalized spacial score (nSPS) is 15.6. The highest BCUT2D eigenvalue weighted by molar-refractivity contribution is 4.91. The van der Waals surface area contributed by atoms with E-state index in [4.69, 9.17) is 9.26 Å². The largest absolute Gasteiger partial charge is 0.392 e. The van der Waals surface area contributed by atoms with Gasteiger partial charge < -0.3 is 14.4 Å². The molecule has 0 amide bonds. The van der Waals surface area contributed by atoms with Crippen LogP contribution in [0.25, 0.3) is 0 Å². The molecule has 0 aliphatic heterocycles. The van der Waals surface area contributed by atoms with Crippen LogP contribution >= 0.6 is 0 Å². The van der Waals surface area contributed by atoms with Crippen LogP contribution in [0.4, 0.5) is 0 Å². The third-order valence-electron chi connectivity index (χ3n) is 2.35. The fourth-order valence-electron chi connectivity index (χ4n) is 1.04. The van der Waals surface area contributed by atoms with Gasteiger partial charge in [0.2, 0.25) is 5.89 Å². The summed E-state index contributed by atoms with van der Waals surface area (Å²) in [6.45, 7) is 5.73. The second-order valence-corrected chi connectivity index (χ2v) is 3.94. The summed E-state index contributed by atoms with van der Waals surface area (Å²) >= 11 is 0. The summed E-state index contributed by atoms with van der Waals surface area (Å²) in [6.07, 6.45) is -0.240. The maximum atomic E-state index is 9.63. The summed E-state index contributed by atoms with van der Waals surface area (Å²) in [7, 11) is 1.59. The summed E-state index contributed by atoms with van der Waals surface area (Å²) in [4.78, 5) is 4.14. The van der Waals surface area contributed by atoms with Crippen LogP contribution < -0.4 is 0 Å². The van der Waals surface area contributed by atoms with E-state index >= 15 is 0 Å². The molecule has 15 heavy (non-hydrogen) atoms. The molecular formula is C10H18N2O3. The molecule has 0 saturated carbocycles. The standard InChI is InChI=1S/C10H18N2O3/c1-6(2)8(13)5-9-11-10(12-15-9)7(3)14-4/h6-8,13H,5H2,1-4H3. The Morgan fingerprint density at radius 3 is 2.60 bits per heavy atom. The summed E-state index contributed by atoms with van der Waals surface area (Å²) in [5, 5.41) is 13.4. The lowest BCUT2D eigenvalue weighted by Crippen LogP contribution is -2.17. The molecule has 0 aliphatic rings. The SMILES string of the molecule is COC(C)c1noc(CC(O)C(C)C)n1. The van der Waals surface area contributed by atoms with Gasteiger partial charge in [-0.1, -0.05) is 19.0 Å². The first-order chi connectivity index (χ1) is 7.04. The Morgan fingerprint density at radius 2 is 2.07 bits per heavy atom. The van der Waals surface area contributed by atoms with E-state index in [1.165, 1.54) is 0 Å². The fourth-order valence-corrected chi connectivity index (χ4v) is 1.04. The van der Waals surface area contributed by atoms with Gasteiger partial charge in [-0.05, 0) is 12.8 Å². The molecular weight excluding hydrogens is 196 g/mol. The average molecular weight is 214 g/mol. The molecule has 1 rings (SSSR count). The van der Waals surface area contributed by atoms with Crippen LogP contribution in [0.2, 0.25) is 0 Å². The van der Waals surface area contributed by atoms with Gasteiger partial charge in [0.1, 0.15) is 6.10 Å². The number of hydrogen-bond donors (Lipinski definition) is 1. The lowest BCUT2D eigenvalue weighted by Gasteiger charge is -2.10. The van der Waals surface area contributed by atoms with E-state index in [9.17, 15) is 5.11 Å². The van der Waals surface area contributed by atoms with E-state index < -0.39 is 6.10 Å². The van der Waals surface area contributed by atoms with Crippen molar-refractivity contribution in [3.63, 3.8) is 0 Å². The molecule has 0 fully saturated rings. The quantitative estimate of drug-likeness (QED) is 0.801. The van der Waals surface area contributed by atoms with Gasteiger partial charge in [-0.25, -0.2) is 0 Å². The maximum absolute atomic E-state index is 9.63. The van der Waals surface area contributed by atoms with Gasteiger partial charge in [0.15, 0.2) is 5.82 Å². The summed E-state index contributed by atoms with van der Waals surface area (Å²) in [6, 6.07) is 0. The number of nitrogens with zero attached hydrogens (tertiary/aromatic N) is 2. The van der Waals surface area contributed by atoms with Crippen molar-refractivity contribution in [1.82, 2.24) is 10.1 Å². The molecule has 0 radical (unpaired) electrons. The van der Waals surface area contributed by atoms with Crippen molar-refractivity contribution < 1.29 is 14.4 Å². The molecule has 5 heteroatoms. The zero-order valence-electron chi connectivity index (χ0n) is 9.60. The van der Waals surface area contributed by atoms with Gasteiger partial charge >= 0.3 is 0 Å². The predicted octanol–water partition coefficient (Wildman–Crippen LogP) is 1.34. The van der Waals surface area contributed by atoms with Crippen LogP contribution in [0, 0.1) is 5.92 Å². The Labute approximate surface area is 89.4 Å². The van der Waals surface area contributed by atoms with E-state index in [1.807, 2.05) is 20.8 Å². The van der Waals surface area contributed by atoms with E-state index in [0.29, 0.717) is 18.1 Å². The third-order valence-corrected chi connectivity index (χ3v) is 2.35. The first kappa shape index (κ1) is 12.1. The number of rotatable bonds is 5. The van der Waals surface area contributed by atoms with Crippen LogP contribution in [0.3, 0.4) is 0 Å². The smallest absolute Gasteiger partial charge is 0.229 e. The van der Waals surface area contributed by atoms with Crippen molar-refractivity contribution in [2.45, 2.75) is 39.4 Å². The highest BCUT2D eigenvalue weighted by atomic mass is 16.5. The van der Waals surface area contributed by atoms with Gasteiger partial charge in [-0.15, -0.1) is 0 Å². The monoisotopic (exact) mass is 214 g/mol. The topological polar surface area (TPSA) is 68.4 Å². The highest BCUT2D eigenvalue weighted by Crippen LogP contribution is 2.14. The second kappa shape index (κ2) is 5.23. The molecule has 1 aromatic rings. The first-order valence-electron chi connectivity index (χ1n) is 5.08. The minimum Gasteiger partial charge on any atom is -0.392 e. The van der Waals surface area contributed by atoms with Crippen LogP contribution in [-0.2, 0) is 11.2 Å². The lowest BCUT2D eigenvalue weighted by atomic mass is 10.0. The minimum absolute atomic E-state index is 0.181. The van der Waals surface area contributed by atoms with E-state index in [2.05, 4.69) is 10.1 Å². The van der Waals surface area contributed by atoms with E-state index in [-0.39, 0.29) is 12.0 Å². The molecule has 0 aliphatic carbocycles. The summed E-state index contributed by atoms with van der Waals surface area (Å²) in [5.41, 5.74) is 0. The molecule has 1 aromatic heterocycles. The van der Waals surface area contributed by atoms with Gasteiger partial charge in [0.25, 0.3) is 0 Å². The van der Waals surface area contributed by atoms with Crippen molar-refractivity contribution in [2.75, 3.05) is 7.11 Å². The zero-order chi connectivity index (χ0) is 11.4. The Morgan fingerprint density at radius 1 is 1.40 bits per heavy atom. The van der Waals surface area contributed by atoms with Gasteiger partial charge in [-0.2, -0.15) is 4.98 Å². The molecule has 0 bridgehead atoms. The Balaban J connectivity index is 2.60. The second-order valence-electron chi connectivity index (χ2n) is 3.94. The average Bonchev–Trinajstić information content (AvgIpc) is 2.65. The van der Waals surface area contributed by atoms with Crippen molar-refractivity contribution in [2.24, 2.45) is 5.92 Å². The predicted molar refractivity (Wildman–Crippen MR) is 54.3 cm³/mol. The van der Waals surface area contributed by atoms with Crippen LogP contribution in [0.5, 0.6) is 0 Å². The fraction of sp³-hybridized carbons (Fsp3) is 0.800. The van der Waals surface area contributed by atoms with E-state index in [0.717, 1.165) is 0 Å². The van der Waals surface area contributed by atoms with Crippen LogP contribution in [0.15, 0.2) is 4.52 Å². The molecule has 0 spiro atoms. The third kappa shape index (κ3) is 3.28. The van der Waals surface area contributed by atoms with Crippen LogP contribution in [0.1, 0.15) is 38.6 Å². The summed E-state index contributed by atoms with van der Waals surface area (Å²) in [5.74, 6) is 1.15. The van der Waals surface area contributed by atoms with Crippen molar-refractivity contribution in [3.05, 3.63) is 11.7 Å². The number of aliphatic hydroxyl groups excluding tert-OH is 1. The molecule has 86 valence electrons. The Kier molecular flexibility index (Phi) is 4.23. The highest BCUT2D eigenvalue weighted by Gasteiger charge is 2.17. The lowest BCUT2D eigenvalue weighted by molar-refractivity contribution is 0.109. The van der Waals surface area contributed by atoms with Crippen molar-refractivity contribution >= 4 is 0 Å². The van der Waals surface area contributed by atoms with Crippen molar-refractivity contribution in [1.29, 1.82) is 0 Å². The molecule has 5 nitrogen and oxygen atoms in total. The number of ether oxygens (including phenoxy) is 1. The Hall–Kier alpha value is -0.940. The molecule has 1 N–H and O–H groups in total. The minimum atomic E-state index is -0.448. The van der Waals surface area contributed by atoms with Gasteiger partial charge in [0.05, 0.1) is 12.5 Å². The molecule has 0 saturated heterocycles. The van der Waals surface area contributed by atoms with Crippen LogP contribution in [-0.4, -0.2) is 28.5 Å². The molecule has 1 heterocycles. The molecule has 2 atom stereocenters. The van der Waals surface area contributed by atoms with Crippen molar-refractivity contribution in [3.8, 4) is 0 Å². The number of aliphatic hydroxyl groups is 1. The molecule has 2 unspecified atom stereocenters. The van der Waals surface area contributed by atoms with E-state index in [1.54, 1.807) is 7.11 Å². The van der Waals surface area contributed by atoms with Gasteiger partial charge in [0, 0.05) is 7.11 Å². The number of aromatic nitrogens is 2. The van der Waals surface area contributed by atoms with Gasteiger partial charge in [-0.3, -0.25) is 0 Å².